The van der Waals surface area contributed by atoms with Crippen LogP contribution in [0.25, 0.3) is 0 Å². The molecule has 1 aromatic heterocycles. The predicted octanol–water partition coefficient (Wildman–Crippen LogP) is 2.13. The van der Waals surface area contributed by atoms with E-state index in [1.54, 1.807) is 10.8 Å². The molecule has 1 fully saturated rings. The number of rotatable bonds is 4. The van der Waals surface area contributed by atoms with E-state index in [0.717, 1.165) is 6.42 Å². The third kappa shape index (κ3) is 3.78. The quantitative estimate of drug-likeness (QED) is 0.909. The first-order valence-electron chi connectivity index (χ1n) is 8.21. The molecule has 0 unspecified atom stereocenters. The van der Waals surface area contributed by atoms with Crippen molar-refractivity contribution in [1.82, 2.24) is 13.9 Å². The zero-order valence-electron chi connectivity index (χ0n) is 14.7. The molecule has 7 heteroatoms. The summed E-state index contributed by atoms with van der Waals surface area (Å²) >= 11 is 0. The van der Waals surface area contributed by atoms with Crippen LogP contribution in [0.4, 0.5) is 0 Å². The number of imidazole rings is 1. The Morgan fingerprint density at radius 2 is 2.00 bits per heavy atom. The lowest BCUT2D eigenvalue weighted by Crippen LogP contribution is -2.48. The van der Waals surface area contributed by atoms with Crippen molar-refractivity contribution in [3.05, 3.63) is 12.4 Å². The van der Waals surface area contributed by atoms with E-state index >= 15 is 0 Å². The summed E-state index contributed by atoms with van der Waals surface area (Å²) in [7, 11) is -3.66. The van der Waals surface area contributed by atoms with Crippen LogP contribution in [0.5, 0.6) is 0 Å². The Labute approximate surface area is 139 Å². The minimum Gasteiger partial charge on any atom is -0.396 e. The second-order valence-corrected chi connectivity index (χ2v) is 9.71. The summed E-state index contributed by atoms with van der Waals surface area (Å²) in [4.78, 5) is 4.09. The van der Waals surface area contributed by atoms with Crippen molar-refractivity contribution in [3.63, 3.8) is 0 Å². The van der Waals surface area contributed by atoms with E-state index in [1.165, 1.54) is 10.5 Å². The molecule has 1 aliphatic rings. The molecule has 0 saturated carbocycles. The number of aliphatic hydroxyl groups is 1. The maximum absolute atomic E-state index is 13.1. The normalized spacial score (nSPS) is 24.3. The van der Waals surface area contributed by atoms with E-state index in [0.29, 0.717) is 13.1 Å². The number of nitrogens with zero attached hydrogens (tertiary/aromatic N) is 3. The first-order valence-corrected chi connectivity index (χ1v) is 9.65. The number of hydrogen-bond acceptors (Lipinski definition) is 4. The minimum absolute atomic E-state index is 0.00488. The lowest BCUT2D eigenvalue weighted by Gasteiger charge is -2.42. The maximum atomic E-state index is 13.1. The fourth-order valence-electron chi connectivity index (χ4n) is 3.12. The van der Waals surface area contributed by atoms with Gasteiger partial charge in [0, 0.05) is 38.1 Å². The first kappa shape index (κ1) is 18.4. The Bertz CT molecular complexity index is 631. The summed E-state index contributed by atoms with van der Waals surface area (Å²) in [6, 6.07) is 0.0270. The molecule has 2 atom stereocenters. The van der Waals surface area contributed by atoms with Gasteiger partial charge in [0.25, 0.3) is 10.0 Å². The number of piperidine rings is 1. The average Bonchev–Trinajstić information content (AvgIpc) is 2.96. The minimum atomic E-state index is -3.66. The highest BCUT2D eigenvalue weighted by molar-refractivity contribution is 7.89. The fourth-order valence-corrected chi connectivity index (χ4v) is 4.87. The highest BCUT2D eigenvalue weighted by Gasteiger charge is 2.40. The monoisotopic (exact) mass is 343 g/mol. The Kier molecular flexibility index (Phi) is 5.23. The zero-order chi connectivity index (χ0) is 17.4. The first-order chi connectivity index (χ1) is 10.6. The molecule has 0 aromatic carbocycles. The number of sulfonamides is 1. The van der Waals surface area contributed by atoms with E-state index < -0.39 is 10.0 Å². The van der Waals surface area contributed by atoms with Crippen LogP contribution in [0.15, 0.2) is 17.6 Å². The molecule has 2 heterocycles. The van der Waals surface area contributed by atoms with Crippen LogP contribution in [0, 0.1) is 17.3 Å². The van der Waals surface area contributed by atoms with Gasteiger partial charge in [-0.05, 0) is 37.5 Å². The van der Waals surface area contributed by atoms with E-state index in [2.05, 4.69) is 25.8 Å². The van der Waals surface area contributed by atoms with Crippen molar-refractivity contribution >= 4 is 10.0 Å². The maximum Gasteiger partial charge on any atom is 0.277 e. The van der Waals surface area contributed by atoms with Crippen LogP contribution < -0.4 is 0 Å². The second-order valence-electron chi connectivity index (χ2n) is 7.88. The van der Waals surface area contributed by atoms with Crippen LogP contribution in [0.1, 0.15) is 47.1 Å². The van der Waals surface area contributed by atoms with Crippen molar-refractivity contribution in [1.29, 1.82) is 0 Å². The standard InChI is InChI=1S/C16H29N3O3S/c1-12(2)19-7-6-17-15(19)23(21,22)18-9-13(11-20)8-14(10-18)16(3,4)5/h6-7,12-14,20H,8-11H2,1-5H3/t13-,14+/m0/s1. The summed E-state index contributed by atoms with van der Waals surface area (Å²) in [6.07, 6.45) is 4.08. The third-order valence-corrected chi connectivity index (χ3v) is 6.50. The molecule has 0 spiro atoms. The van der Waals surface area contributed by atoms with Crippen LogP contribution in [0.3, 0.4) is 0 Å². The summed E-state index contributed by atoms with van der Waals surface area (Å²) in [5.41, 5.74) is -0.00488. The zero-order valence-corrected chi connectivity index (χ0v) is 15.5. The van der Waals surface area contributed by atoms with Gasteiger partial charge in [0.2, 0.25) is 5.16 Å². The van der Waals surface area contributed by atoms with Gasteiger partial charge < -0.3 is 9.67 Å². The molecule has 6 nitrogen and oxygen atoms in total. The van der Waals surface area contributed by atoms with Crippen LogP contribution >= 0.6 is 0 Å². The van der Waals surface area contributed by atoms with Gasteiger partial charge in [-0.15, -0.1) is 0 Å². The Morgan fingerprint density at radius 3 is 2.52 bits per heavy atom. The molecule has 132 valence electrons. The summed E-state index contributed by atoms with van der Waals surface area (Å²) in [5.74, 6) is 0.191. The van der Waals surface area contributed by atoms with Gasteiger partial charge in [0.05, 0.1) is 0 Å². The smallest absolute Gasteiger partial charge is 0.277 e. The van der Waals surface area contributed by atoms with Crippen LogP contribution in [-0.2, 0) is 10.0 Å². The molecule has 0 radical (unpaired) electrons. The topological polar surface area (TPSA) is 75.4 Å². The van der Waals surface area contributed by atoms with Crippen molar-refractivity contribution < 1.29 is 13.5 Å². The number of aromatic nitrogens is 2. The highest BCUT2D eigenvalue weighted by atomic mass is 32.2. The molecular formula is C16H29N3O3S. The Morgan fingerprint density at radius 1 is 1.35 bits per heavy atom. The molecule has 1 aliphatic heterocycles. The lowest BCUT2D eigenvalue weighted by molar-refractivity contribution is 0.0769. The van der Waals surface area contributed by atoms with Crippen molar-refractivity contribution in [2.45, 2.75) is 52.2 Å². The number of hydrogen-bond donors (Lipinski definition) is 1. The molecule has 0 amide bonds. The van der Waals surface area contributed by atoms with Crippen LogP contribution in [-0.4, -0.2) is 47.1 Å². The number of aliphatic hydroxyl groups excluding tert-OH is 1. The molecular weight excluding hydrogens is 314 g/mol. The molecule has 0 aliphatic carbocycles. The average molecular weight is 343 g/mol. The highest BCUT2D eigenvalue weighted by Crippen LogP contribution is 2.37. The van der Waals surface area contributed by atoms with E-state index in [4.69, 9.17) is 0 Å². The molecule has 1 saturated heterocycles. The predicted molar refractivity (Wildman–Crippen MR) is 89.5 cm³/mol. The fraction of sp³-hybridized carbons (Fsp3) is 0.812. The SMILES string of the molecule is CC(C)n1ccnc1S(=O)(=O)N1C[C@@H](CO)C[C@@H](C(C)(C)C)C1. The van der Waals surface area contributed by atoms with Crippen molar-refractivity contribution in [3.8, 4) is 0 Å². The van der Waals surface area contributed by atoms with Gasteiger partial charge in [-0.25, -0.2) is 13.4 Å². The van der Waals surface area contributed by atoms with E-state index in [9.17, 15) is 13.5 Å². The van der Waals surface area contributed by atoms with E-state index in [-0.39, 0.29) is 35.1 Å². The Hall–Kier alpha value is -0.920. The van der Waals surface area contributed by atoms with Gasteiger partial charge in [-0.3, -0.25) is 0 Å². The van der Waals surface area contributed by atoms with Crippen LogP contribution in [0.2, 0.25) is 0 Å². The Balaban J connectivity index is 2.36. The lowest BCUT2D eigenvalue weighted by atomic mass is 9.74. The molecule has 2 rings (SSSR count). The summed E-state index contributed by atoms with van der Waals surface area (Å²) in [5, 5.41) is 9.69. The molecule has 1 N–H and O–H groups in total. The van der Waals surface area contributed by atoms with E-state index in [1.807, 2.05) is 13.8 Å². The summed E-state index contributed by atoms with van der Waals surface area (Å²) in [6.45, 7) is 11.1. The summed E-state index contributed by atoms with van der Waals surface area (Å²) < 4.78 is 29.3. The van der Waals surface area contributed by atoms with Gasteiger partial charge in [0.1, 0.15) is 0 Å². The van der Waals surface area contributed by atoms with Crippen molar-refractivity contribution in [2.75, 3.05) is 19.7 Å². The van der Waals surface area contributed by atoms with Crippen molar-refractivity contribution in [2.24, 2.45) is 17.3 Å². The van der Waals surface area contributed by atoms with Gasteiger partial charge in [0.15, 0.2) is 0 Å². The second kappa shape index (κ2) is 6.53. The van der Waals surface area contributed by atoms with Gasteiger partial charge in [-0.1, -0.05) is 20.8 Å². The molecule has 23 heavy (non-hydrogen) atoms. The van der Waals surface area contributed by atoms with Gasteiger partial charge in [-0.2, -0.15) is 4.31 Å². The molecule has 0 bridgehead atoms. The molecule has 1 aromatic rings. The van der Waals surface area contributed by atoms with Gasteiger partial charge >= 0.3 is 0 Å². The third-order valence-electron chi connectivity index (χ3n) is 4.75. The largest absolute Gasteiger partial charge is 0.396 e.